The molecule has 0 bridgehead atoms. The zero-order chi connectivity index (χ0) is 13.6. The summed E-state index contributed by atoms with van der Waals surface area (Å²) in [7, 11) is -4.18. The van der Waals surface area contributed by atoms with Crippen LogP contribution in [-0.4, -0.2) is 27.2 Å². The predicted molar refractivity (Wildman–Crippen MR) is 62.9 cm³/mol. The van der Waals surface area contributed by atoms with Gasteiger partial charge in [0.05, 0.1) is 6.10 Å². The Morgan fingerprint density at radius 2 is 1.95 bits per heavy atom. The smallest absolute Gasteiger partial charge is 0.246 e. The molecule has 0 unspecified atom stereocenters. The Balaban J connectivity index is 1.83. The number of fused-ring (bicyclic) bond motifs is 1. The predicted octanol–water partition coefficient (Wildman–Crippen LogP) is 1.42. The fourth-order valence-corrected chi connectivity index (χ4v) is 4.17. The van der Waals surface area contributed by atoms with Gasteiger partial charge in [-0.15, -0.1) is 0 Å². The first-order valence-corrected chi connectivity index (χ1v) is 7.55. The van der Waals surface area contributed by atoms with E-state index in [4.69, 9.17) is 4.74 Å². The summed E-state index contributed by atoms with van der Waals surface area (Å²) in [5, 5.41) is 0. The van der Waals surface area contributed by atoms with E-state index in [1.165, 1.54) is 0 Å². The van der Waals surface area contributed by atoms with Gasteiger partial charge in [-0.3, -0.25) is 0 Å². The Labute approximate surface area is 109 Å². The maximum atomic E-state index is 13.5. The maximum Gasteiger partial charge on any atom is 0.246 e. The molecular formula is C12H13F2NO3S. The van der Waals surface area contributed by atoms with Gasteiger partial charge in [-0.25, -0.2) is 21.9 Å². The third kappa shape index (κ3) is 2.15. The Kier molecular flexibility index (Phi) is 3.07. The molecule has 1 aliphatic carbocycles. The molecule has 1 heterocycles. The molecule has 4 nitrogen and oxygen atoms in total. The van der Waals surface area contributed by atoms with Gasteiger partial charge in [-0.2, -0.15) is 0 Å². The van der Waals surface area contributed by atoms with Crippen molar-refractivity contribution in [1.29, 1.82) is 0 Å². The normalized spacial score (nSPS) is 29.9. The third-order valence-electron chi connectivity index (χ3n) is 3.76. The summed E-state index contributed by atoms with van der Waals surface area (Å²) in [4.78, 5) is -0.905. The highest BCUT2D eigenvalue weighted by molar-refractivity contribution is 7.89. The molecule has 1 aromatic carbocycles. The lowest BCUT2D eigenvalue weighted by molar-refractivity contribution is 0.0142. The molecule has 3 atom stereocenters. The van der Waals surface area contributed by atoms with Gasteiger partial charge < -0.3 is 4.74 Å². The lowest BCUT2D eigenvalue weighted by atomic mass is 9.77. The number of halogens is 2. The van der Waals surface area contributed by atoms with Crippen LogP contribution in [0.25, 0.3) is 0 Å². The number of hydrogen-bond donors (Lipinski definition) is 1. The van der Waals surface area contributed by atoms with Gasteiger partial charge in [-0.05, 0) is 25.0 Å². The first-order valence-electron chi connectivity index (χ1n) is 6.07. The van der Waals surface area contributed by atoms with Crippen LogP contribution in [0.3, 0.4) is 0 Å². The van der Waals surface area contributed by atoms with E-state index in [-0.39, 0.29) is 18.1 Å². The zero-order valence-corrected chi connectivity index (χ0v) is 10.8. The van der Waals surface area contributed by atoms with Crippen LogP contribution in [0.1, 0.15) is 12.8 Å². The summed E-state index contributed by atoms with van der Waals surface area (Å²) < 4.78 is 58.8. The molecule has 0 amide bonds. The van der Waals surface area contributed by atoms with Crippen LogP contribution in [0.4, 0.5) is 8.78 Å². The van der Waals surface area contributed by atoms with Crippen molar-refractivity contribution in [2.75, 3.05) is 6.61 Å². The van der Waals surface area contributed by atoms with Crippen LogP contribution >= 0.6 is 0 Å². The van der Waals surface area contributed by atoms with E-state index in [0.29, 0.717) is 13.0 Å². The largest absolute Gasteiger partial charge is 0.378 e. The molecule has 19 heavy (non-hydrogen) atoms. The highest BCUT2D eigenvalue weighted by Crippen LogP contribution is 2.39. The minimum absolute atomic E-state index is 0.0816. The number of ether oxygens (including phenoxy) is 1. The summed E-state index contributed by atoms with van der Waals surface area (Å²) in [6, 6.07) is 2.70. The first-order chi connectivity index (χ1) is 8.99. The Morgan fingerprint density at radius 3 is 2.58 bits per heavy atom. The first kappa shape index (κ1) is 13.0. The average molecular weight is 289 g/mol. The second kappa shape index (κ2) is 4.50. The van der Waals surface area contributed by atoms with E-state index in [9.17, 15) is 17.2 Å². The minimum Gasteiger partial charge on any atom is -0.378 e. The van der Waals surface area contributed by atoms with Gasteiger partial charge in [0.2, 0.25) is 10.0 Å². The van der Waals surface area contributed by atoms with E-state index in [1.54, 1.807) is 0 Å². The van der Waals surface area contributed by atoms with Crippen molar-refractivity contribution in [2.24, 2.45) is 5.92 Å². The lowest BCUT2D eigenvalue weighted by Gasteiger charge is -2.39. The molecule has 1 saturated carbocycles. The topological polar surface area (TPSA) is 55.4 Å². The molecule has 1 aliphatic heterocycles. The van der Waals surface area contributed by atoms with Crippen LogP contribution in [0.15, 0.2) is 23.1 Å². The summed E-state index contributed by atoms with van der Waals surface area (Å²) >= 11 is 0. The van der Waals surface area contributed by atoms with Crippen molar-refractivity contribution in [3.05, 3.63) is 29.8 Å². The summed E-state index contributed by atoms with van der Waals surface area (Å²) in [5.41, 5.74) is 0. The van der Waals surface area contributed by atoms with Crippen molar-refractivity contribution < 1.29 is 21.9 Å². The monoisotopic (exact) mass is 289 g/mol. The van der Waals surface area contributed by atoms with Crippen LogP contribution < -0.4 is 4.72 Å². The van der Waals surface area contributed by atoms with Crippen LogP contribution in [0.2, 0.25) is 0 Å². The summed E-state index contributed by atoms with van der Waals surface area (Å²) in [5.74, 6) is -2.04. The van der Waals surface area contributed by atoms with E-state index in [1.807, 2.05) is 0 Å². The van der Waals surface area contributed by atoms with E-state index >= 15 is 0 Å². The highest BCUT2D eigenvalue weighted by Gasteiger charge is 2.47. The van der Waals surface area contributed by atoms with Crippen LogP contribution in [0, 0.1) is 17.6 Å². The van der Waals surface area contributed by atoms with Crippen molar-refractivity contribution in [1.82, 2.24) is 4.72 Å². The van der Waals surface area contributed by atoms with Gasteiger partial charge in [0, 0.05) is 18.6 Å². The van der Waals surface area contributed by atoms with Gasteiger partial charge >= 0.3 is 0 Å². The average Bonchev–Trinajstić information content (AvgIpc) is 2.67. The Hall–Kier alpha value is -1.05. The van der Waals surface area contributed by atoms with Crippen LogP contribution in [-0.2, 0) is 14.8 Å². The van der Waals surface area contributed by atoms with Crippen LogP contribution in [0.5, 0.6) is 0 Å². The molecule has 0 spiro atoms. The summed E-state index contributed by atoms with van der Waals surface area (Å²) in [6.45, 7) is 0.613. The second-order valence-corrected chi connectivity index (χ2v) is 6.53. The zero-order valence-electron chi connectivity index (χ0n) is 9.97. The Morgan fingerprint density at radius 1 is 1.26 bits per heavy atom. The molecule has 0 aromatic heterocycles. The summed E-state index contributed by atoms with van der Waals surface area (Å²) in [6.07, 6.45) is 1.41. The Bertz CT molecular complexity index is 585. The number of rotatable bonds is 3. The minimum atomic E-state index is -4.18. The maximum absolute atomic E-state index is 13.5. The van der Waals surface area contributed by atoms with E-state index in [0.717, 1.165) is 24.6 Å². The van der Waals surface area contributed by atoms with Crippen molar-refractivity contribution >= 4 is 10.0 Å². The molecule has 2 fully saturated rings. The van der Waals surface area contributed by atoms with Crippen molar-refractivity contribution in [3.8, 4) is 0 Å². The fraction of sp³-hybridized carbons (Fsp3) is 0.500. The van der Waals surface area contributed by atoms with Crippen molar-refractivity contribution in [2.45, 2.75) is 29.9 Å². The van der Waals surface area contributed by atoms with Crippen molar-refractivity contribution in [3.63, 3.8) is 0 Å². The number of sulfonamides is 1. The van der Waals surface area contributed by atoms with E-state index in [2.05, 4.69) is 4.72 Å². The number of hydrogen-bond acceptors (Lipinski definition) is 3. The quantitative estimate of drug-likeness (QED) is 0.915. The van der Waals surface area contributed by atoms with Gasteiger partial charge in [0.1, 0.15) is 11.6 Å². The third-order valence-corrected chi connectivity index (χ3v) is 5.30. The SMILES string of the molecule is O=S(=O)(N[C@@H]1C[C@H]2OCC[C@@H]12)c1c(F)cccc1F. The molecule has 1 aromatic rings. The molecule has 7 heteroatoms. The molecule has 1 N–H and O–H groups in total. The highest BCUT2D eigenvalue weighted by atomic mass is 32.2. The van der Waals surface area contributed by atoms with Gasteiger partial charge in [0.25, 0.3) is 0 Å². The lowest BCUT2D eigenvalue weighted by Crippen LogP contribution is -2.53. The molecule has 0 radical (unpaired) electrons. The van der Waals surface area contributed by atoms with Gasteiger partial charge in [0.15, 0.2) is 4.90 Å². The second-order valence-electron chi connectivity index (χ2n) is 4.88. The number of benzene rings is 1. The number of nitrogens with one attached hydrogen (secondary N) is 1. The molecule has 104 valence electrons. The standard InChI is InChI=1S/C12H13F2NO3S/c13-8-2-1-3-9(14)12(8)19(16,17)15-10-6-11-7(10)4-5-18-11/h1-3,7,10-11,15H,4-6H2/t7-,10+,11+/m0/s1. The molecule has 1 saturated heterocycles. The fourth-order valence-electron chi connectivity index (χ4n) is 2.73. The molecular weight excluding hydrogens is 276 g/mol. The molecule has 3 rings (SSSR count). The molecule has 2 aliphatic rings. The van der Waals surface area contributed by atoms with Gasteiger partial charge in [-0.1, -0.05) is 6.07 Å². The van der Waals surface area contributed by atoms with E-state index < -0.39 is 26.6 Å².